The van der Waals surface area contributed by atoms with Gasteiger partial charge in [-0.05, 0) is 38.8 Å². The number of hydrogen-bond acceptors (Lipinski definition) is 8. The number of rotatable bonds is 8. The van der Waals surface area contributed by atoms with E-state index in [1.807, 2.05) is 57.2 Å². The van der Waals surface area contributed by atoms with Crippen molar-refractivity contribution < 1.29 is 37.9 Å². The van der Waals surface area contributed by atoms with Crippen LogP contribution in [0.15, 0.2) is 48.5 Å². The largest absolute Gasteiger partial charge is 0.496 e. The molecule has 0 unspecified atom stereocenters. The Kier molecular flexibility index (Phi) is 7.63. The number of hydrogen-bond donors (Lipinski definition) is 0. The summed E-state index contributed by atoms with van der Waals surface area (Å²) in [5, 5.41) is 1.71. The first-order valence-corrected chi connectivity index (χ1v) is 14.4. The average Bonchev–Trinajstić information content (AvgIpc) is 3.28. The fraction of sp³-hybridized carbons (Fsp3) is 0.515. The minimum atomic E-state index is -1.29. The van der Waals surface area contributed by atoms with Gasteiger partial charge in [0.05, 0.1) is 57.2 Å². The molecule has 0 saturated carbocycles. The molecule has 0 N–H and O–H groups in total. The lowest BCUT2D eigenvalue weighted by molar-refractivity contribution is -0.356. The zero-order valence-corrected chi connectivity index (χ0v) is 24.7. The lowest BCUT2D eigenvalue weighted by atomic mass is 9.80. The van der Waals surface area contributed by atoms with Crippen molar-refractivity contribution >= 4 is 10.8 Å². The van der Waals surface area contributed by atoms with Crippen LogP contribution in [0.1, 0.15) is 50.3 Å². The molecule has 5 atom stereocenters. The lowest BCUT2D eigenvalue weighted by Crippen LogP contribution is -2.59. The second-order valence-electron chi connectivity index (χ2n) is 11.5. The minimum absolute atomic E-state index is 0.154. The third kappa shape index (κ3) is 4.96. The highest BCUT2D eigenvalue weighted by molar-refractivity contribution is 6.00. The van der Waals surface area contributed by atoms with Crippen LogP contribution in [0.4, 0.5) is 0 Å². The Morgan fingerprint density at radius 1 is 0.854 bits per heavy atom. The van der Waals surface area contributed by atoms with Gasteiger partial charge in [-0.25, -0.2) is 0 Å². The quantitative estimate of drug-likeness (QED) is 0.314. The highest BCUT2D eigenvalue weighted by Crippen LogP contribution is 2.58. The van der Waals surface area contributed by atoms with E-state index in [1.54, 1.807) is 21.3 Å². The average molecular weight is 565 g/mol. The molecular weight excluding hydrogens is 524 g/mol. The zero-order valence-electron chi connectivity index (χ0n) is 24.7. The summed E-state index contributed by atoms with van der Waals surface area (Å²) in [5.74, 6) is -0.0214. The zero-order chi connectivity index (χ0) is 28.8. The first-order valence-electron chi connectivity index (χ1n) is 14.4. The third-order valence-corrected chi connectivity index (χ3v) is 8.25. The topological polar surface area (TPSA) is 73.8 Å². The minimum Gasteiger partial charge on any atom is -0.496 e. The molecule has 0 aliphatic carbocycles. The molecule has 41 heavy (non-hydrogen) atoms. The summed E-state index contributed by atoms with van der Waals surface area (Å²) in [6.45, 7) is 6.99. The molecule has 1 spiro atoms. The molecule has 2 fully saturated rings. The van der Waals surface area contributed by atoms with Crippen LogP contribution in [0, 0.1) is 0 Å². The van der Waals surface area contributed by atoms with Gasteiger partial charge in [0.1, 0.15) is 23.4 Å². The van der Waals surface area contributed by atoms with E-state index in [2.05, 4.69) is 12.1 Å². The van der Waals surface area contributed by atoms with E-state index in [9.17, 15) is 0 Å². The summed E-state index contributed by atoms with van der Waals surface area (Å²) in [5.41, 5.74) is 2.89. The van der Waals surface area contributed by atoms with Gasteiger partial charge in [0, 0.05) is 30.4 Å². The molecule has 0 radical (unpaired) electrons. The maximum Gasteiger partial charge on any atom is 0.229 e. The number of benzene rings is 3. The van der Waals surface area contributed by atoms with Crippen molar-refractivity contribution in [3.63, 3.8) is 0 Å². The third-order valence-electron chi connectivity index (χ3n) is 8.25. The molecule has 220 valence electrons. The van der Waals surface area contributed by atoms with E-state index in [0.29, 0.717) is 44.0 Å². The van der Waals surface area contributed by atoms with Crippen LogP contribution in [0.5, 0.6) is 17.2 Å². The fourth-order valence-corrected chi connectivity index (χ4v) is 6.75. The maximum absolute atomic E-state index is 7.05. The van der Waals surface area contributed by atoms with Gasteiger partial charge in [0.25, 0.3) is 0 Å². The molecule has 3 aromatic carbocycles. The molecule has 3 aliphatic rings. The van der Waals surface area contributed by atoms with Crippen LogP contribution in [0.25, 0.3) is 10.8 Å². The highest BCUT2D eigenvalue weighted by atomic mass is 16.8. The van der Waals surface area contributed by atoms with Crippen molar-refractivity contribution in [2.24, 2.45) is 0 Å². The summed E-state index contributed by atoms with van der Waals surface area (Å²) < 4.78 is 51.2. The fourth-order valence-electron chi connectivity index (χ4n) is 6.75. The van der Waals surface area contributed by atoms with E-state index in [0.717, 1.165) is 33.2 Å². The lowest BCUT2D eigenvalue weighted by Gasteiger charge is -2.50. The molecule has 8 nitrogen and oxygen atoms in total. The Morgan fingerprint density at radius 2 is 1.63 bits per heavy atom. The van der Waals surface area contributed by atoms with Gasteiger partial charge in [0.15, 0.2) is 5.79 Å². The van der Waals surface area contributed by atoms with Gasteiger partial charge >= 0.3 is 0 Å². The molecule has 8 heteroatoms. The van der Waals surface area contributed by atoms with Crippen LogP contribution in [0.2, 0.25) is 0 Å². The molecule has 2 saturated heterocycles. The van der Waals surface area contributed by atoms with Gasteiger partial charge in [0.2, 0.25) is 5.79 Å². The second-order valence-corrected chi connectivity index (χ2v) is 11.5. The molecule has 0 aromatic heterocycles. The van der Waals surface area contributed by atoms with E-state index in [4.69, 9.17) is 37.9 Å². The summed E-state index contributed by atoms with van der Waals surface area (Å²) in [4.78, 5) is 0. The van der Waals surface area contributed by atoms with E-state index in [-0.39, 0.29) is 18.3 Å². The predicted molar refractivity (Wildman–Crippen MR) is 154 cm³/mol. The first-order chi connectivity index (χ1) is 19.8. The van der Waals surface area contributed by atoms with Crippen molar-refractivity contribution in [3.8, 4) is 17.2 Å². The molecule has 3 heterocycles. The predicted octanol–water partition coefficient (Wildman–Crippen LogP) is 5.90. The first kappa shape index (κ1) is 28.2. The van der Waals surface area contributed by atoms with Crippen LogP contribution in [-0.2, 0) is 42.5 Å². The molecule has 0 bridgehead atoms. The normalized spacial score (nSPS) is 28.3. The summed E-state index contributed by atoms with van der Waals surface area (Å²) in [7, 11) is 5.03. The van der Waals surface area contributed by atoms with Crippen LogP contribution in [0.3, 0.4) is 0 Å². The Balaban J connectivity index is 1.47. The van der Waals surface area contributed by atoms with E-state index < -0.39 is 17.7 Å². The Bertz CT molecular complexity index is 1390. The van der Waals surface area contributed by atoms with Gasteiger partial charge < -0.3 is 37.9 Å². The van der Waals surface area contributed by atoms with E-state index >= 15 is 0 Å². The Morgan fingerprint density at radius 3 is 2.37 bits per heavy atom. The van der Waals surface area contributed by atoms with Crippen molar-refractivity contribution in [3.05, 3.63) is 65.2 Å². The molecular formula is C33H40O8. The standard InChI is InChI=1S/C33H40O8/c1-20-17-26-31(41-32(2,3)40-26)33(38-20)28-24(18-22(39-33)15-16-37-19-21-11-8-7-9-12-21)29(35-5)23-13-10-14-25(34-4)27(23)30(28)36-6/h7-14,20,22,26,31H,15-19H2,1-6H3/t20-,22-,26-,31-,33-/m1/s1. The smallest absolute Gasteiger partial charge is 0.229 e. The van der Waals surface area contributed by atoms with Crippen LogP contribution >= 0.6 is 0 Å². The number of fused-ring (bicyclic) bond motifs is 5. The highest BCUT2D eigenvalue weighted by Gasteiger charge is 2.63. The summed E-state index contributed by atoms with van der Waals surface area (Å²) in [6, 6.07) is 16.1. The van der Waals surface area contributed by atoms with Crippen LogP contribution < -0.4 is 14.2 Å². The molecule has 3 aliphatic heterocycles. The van der Waals surface area contributed by atoms with Crippen molar-refractivity contribution in [2.75, 3.05) is 27.9 Å². The molecule has 6 rings (SSSR count). The van der Waals surface area contributed by atoms with E-state index in [1.165, 1.54) is 0 Å². The van der Waals surface area contributed by atoms with Gasteiger partial charge in [-0.15, -0.1) is 0 Å². The molecule has 3 aromatic rings. The van der Waals surface area contributed by atoms with Crippen molar-refractivity contribution in [1.29, 1.82) is 0 Å². The number of ether oxygens (including phenoxy) is 8. The second kappa shape index (κ2) is 11.1. The number of methoxy groups -OCH3 is 3. The van der Waals surface area contributed by atoms with Gasteiger partial charge in [-0.1, -0.05) is 42.5 Å². The Hall–Kier alpha value is -2.88. The maximum atomic E-state index is 7.05. The Labute approximate surface area is 241 Å². The summed E-state index contributed by atoms with van der Waals surface area (Å²) >= 11 is 0. The van der Waals surface area contributed by atoms with Gasteiger partial charge in [-0.2, -0.15) is 0 Å². The monoisotopic (exact) mass is 564 g/mol. The van der Waals surface area contributed by atoms with Crippen molar-refractivity contribution in [1.82, 2.24) is 0 Å². The molecule has 0 amide bonds. The van der Waals surface area contributed by atoms with Crippen LogP contribution in [-0.4, -0.2) is 58.1 Å². The summed E-state index contributed by atoms with van der Waals surface area (Å²) in [6.07, 6.45) is 0.824. The van der Waals surface area contributed by atoms with Crippen molar-refractivity contribution in [2.45, 2.75) is 82.6 Å². The SMILES string of the molecule is COc1c2c(c(OC)c3c(OC)cccc13)[C@]1(O[C@H](CCOCc3ccccc3)C2)O[C@H](C)C[C@H]2OC(C)(C)O[C@H]21. The van der Waals surface area contributed by atoms with Gasteiger partial charge in [-0.3, -0.25) is 0 Å².